The number of hydrogen-bond donors (Lipinski definition) is 0. The highest BCUT2D eigenvalue weighted by molar-refractivity contribution is 7.94. The zero-order valence-corrected chi connectivity index (χ0v) is 15.0. The van der Waals surface area contributed by atoms with Gasteiger partial charge in [0.05, 0.1) is 5.75 Å². The maximum absolute atomic E-state index is 12.8. The van der Waals surface area contributed by atoms with Gasteiger partial charge >= 0.3 is 0 Å². The van der Waals surface area contributed by atoms with E-state index in [2.05, 4.69) is 31.2 Å². The summed E-state index contributed by atoms with van der Waals surface area (Å²) in [6, 6.07) is 8.69. The van der Waals surface area contributed by atoms with E-state index in [1.165, 1.54) is 16.5 Å². The summed E-state index contributed by atoms with van der Waals surface area (Å²) in [6.07, 6.45) is 5.79. The van der Waals surface area contributed by atoms with Gasteiger partial charge in [0.15, 0.2) is 9.84 Å². The molecular weight excluding hydrogens is 322 g/mol. The van der Waals surface area contributed by atoms with E-state index in [4.69, 9.17) is 0 Å². The third-order valence-electron chi connectivity index (χ3n) is 4.99. The molecule has 0 aromatic heterocycles. The van der Waals surface area contributed by atoms with Gasteiger partial charge < -0.3 is 4.90 Å². The molecule has 1 aromatic carbocycles. The van der Waals surface area contributed by atoms with Gasteiger partial charge in [0.25, 0.3) is 0 Å². The molecule has 2 atom stereocenters. The molecule has 0 radical (unpaired) electrons. The Bertz CT molecular complexity index is 739. The van der Waals surface area contributed by atoms with E-state index < -0.39 is 9.84 Å². The zero-order chi connectivity index (χ0) is 17.2. The first kappa shape index (κ1) is 17.2. The van der Waals surface area contributed by atoms with Gasteiger partial charge in [-0.2, -0.15) is 0 Å². The third kappa shape index (κ3) is 3.89. The van der Waals surface area contributed by atoms with Crippen LogP contribution in [0, 0.1) is 5.92 Å². The Morgan fingerprint density at radius 2 is 2.00 bits per heavy atom. The molecule has 2 unspecified atom stereocenters. The van der Waals surface area contributed by atoms with E-state index in [-0.39, 0.29) is 23.6 Å². The van der Waals surface area contributed by atoms with Gasteiger partial charge in [0, 0.05) is 30.3 Å². The predicted octanol–water partition coefficient (Wildman–Crippen LogP) is 2.73. The van der Waals surface area contributed by atoms with Crippen molar-refractivity contribution in [1.29, 1.82) is 0 Å². The number of fused-ring (bicyclic) bond motifs is 1. The molecule has 0 bridgehead atoms. The number of hydrogen-bond acceptors (Lipinski definition) is 3. The fraction of sp³-hybridized carbons (Fsp3) is 0.526. The number of amides is 1. The van der Waals surface area contributed by atoms with Crippen LogP contribution in [0.15, 0.2) is 35.7 Å². The Morgan fingerprint density at radius 3 is 2.67 bits per heavy atom. The summed E-state index contributed by atoms with van der Waals surface area (Å²) in [5.41, 5.74) is 2.73. The molecule has 1 heterocycles. The van der Waals surface area contributed by atoms with Crippen molar-refractivity contribution in [2.45, 2.75) is 45.1 Å². The van der Waals surface area contributed by atoms with Gasteiger partial charge in [0.2, 0.25) is 5.91 Å². The average molecular weight is 347 g/mol. The fourth-order valence-corrected chi connectivity index (χ4v) is 5.20. The number of allylic oxidation sites excluding steroid dienone is 1. The van der Waals surface area contributed by atoms with Crippen LogP contribution in [0.3, 0.4) is 0 Å². The number of sulfone groups is 1. The minimum Gasteiger partial charge on any atom is -0.339 e. The van der Waals surface area contributed by atoms with Crippen molar-refractivity contribution in [3.8, 4) is 0 Å². The first-order valence-corrected chi connectivity index (χ1v) is 10.5. The van der Waals surface area contributed by atoms with Crippen molar-refractivity contribution in [1.82, 2.24) is 4.90 Å². The van der Waals surface area contributed by atoms with Gasteiger partial charge in [-0.1, -0.05) is 37.3 Å². The predicted molar refractivity (Wildman–Crippen MR) is 95.3 cm³/mol. The normalized spacial score (nSPS) is 24.5. The Kier molecular flexibility index (Phi) is 5.09. The highest BCUT2D eigenvalue weighted by atomic mass is 32.2. The molecule has 0 N–H and O–H groups in total. The van der Waals surface area contributed by atoms with Crippen molar-refractivity contribution in [3.63, 3.8) is 0 Å². The zero-order valence-electron chi connectivity index (χ0n) is 14.1. The van der Waals surface area contributed by atoms with Crippen LogP contribution >= 0.6 is 0 Å². The quantitative estimate of drug-likeness (QED) is 0.823. The van der Waals surface area contributed by atoms with Crippen molar-refractivity contribution in [2.24, 2.45) is 5.92 Å². The monoisotopic (exact) mass is 347 g/mol. The largest absolute Gasteiger partial charge is 0.339 e. The van der Waals surface area contributed by atoms with Crippen molar-refractivity contribution in [3.05, 3.63) is 46.9 Å². The van der Waals surface area contributed by atoms with Crippen molar-refractivity contribution < 1.29 is 13.2 Å². The molecule has 2 aliphatic rings. The van der Waals surface area contributed by atoms with Crippen LogP contribution < -0.4 is 0 Å². The van der Waals surface area contributed by atoms with E-state index in [1.54, 1.807) is 6.08 Å². The number of benzene rings is 1. The van der Waals surface area contributed by atoms with Gasteiger partial charge in [-0.25, -0.2) is 8.42 Å². The fourth-order valence-electron chi connectivity index (χ4n) is 3.81. The Morgan fingerprint density at radius 1 is 1.25 bits per heavy atom. The van der Waals surface area contributed by atoms with Crippen molar-refractivity contribution >= 4 is 15.7 Å². The second kappa shape index (κ2) is 7.09. The Balaban J connectivity index is 1.69. The van der Waals surface area contributed by atoms with Crippen LogP contribution in [-0.2, 0) is 27.5 Å². The molecule has 24 heavy (non-hydrogen) atoms. The molecule has 130 valence electrons. The maximum Gasteiger partial charge on any atom is 0.223 e. The lowest BCUT2D eigenvalue weighted by Crippen LogP contribution is -2.44. The lowest BCUT2D eigenvalue weighted by Gasteiger charge is -2.35. The standard InChI is InChI=1S/C19H25NO3S/c1-2-10-20(19(21)12-15-9-11-24(22,23)14-15)18-8-7-16-5-3-4-6-17(16)13-18/h3-6,9,11,15,18H,2,7-8,10,12-14H2,1H3. The van der Waals surface area contributed by atoms with Crippen LogP contribution in [0.1, 0.15) is 37.3 Å². The van der Waals surface area contributed by atoms with Crippen molar-refractivity contribution in [2.75, 3.05) is 12.3 Å². The lowest BCUT2D eigenvalue weighted by molar-refractivity contribution is -0.134. The third-order valence-corrected chi connectivity index (χ3v) is 6.45. The minimum absolute atomic E-state index is 0.0756. The second-order valence-corrected chi connectivity index (χ2v) is 8.81. The highest BCUT2D eigenvalue weighted by Crippen LogP contribution is 2.26. The Labute approximate surface area is 144 Å². The van der Waals surface area contributed by atoms with Crippen LogP contribution in [-0.4, -0.2) is 37.6 Å². The number of carbonyl (C=O) groups excluding carboxylic acids is 1. The lowest BCUT2D eigenvalue weighted by atomic mass is 9.87. The topological polar surface area (TPSA) is 54.5 Å². The smallest absolute Gasteiger partial charge is 0.223 e. The van der Waals surface area contributed by atoms with E-state index in [0.717, 1.165) is 32.2 Å². The van der Waals surface area contributed by atoms with Crippen LogP contribution in [0.5, 0.6) is 0 Å². The van der Waals surface area contributed by atoms with E-state index in [1.807, 2.05) is 4.90 Å². The summed E-state index contributed by atoms with van der Waals surface area (Å²) in [5.74, 6) is -0.00244. The van der Waals surface area contributed by atoms with E-state index in [0.29, 0.717) is 6.42 Å². The molecule has 1 aliphatic heterocycles. The van der Waals surface area contributed by atoms with E-state index in [9.17, 15) is 13.2 Å². The number of nitrogens with zero attached hydrogens (tertiary/aromatic N) is 1. The second-order valence-electron chi connectivity index (χ2n) is 6.87. The first-order valence-electron chi connectivity index (χ1n) is 8.75. The molecule has 3 rings (SSSR count). The minimum atomic E-state index is -3.10. The first-order chi connectivity index (χ1) is 11.5. The van der Waals surface area contributed by atoms with Gasteiger partial charge in [-0.15, -0.1) is 0 Å². The molecule has 1 aromatic rings. The summed E-state index contributed by atoms with van der Waals surface area (Å²) in [6.45, 7) is 2.83. The molecular formula is C19H25NO3S. The van der Waals surface area contributed by atoms with E-state index >= 15 is 0 Å². The number of aryl methyl sites for hydroxylation is 1. The summed E-state index contributed by atoms with van der Waals surface area (Å²) < 4.78 is 23.1. The molecule has 4 nitrogen and oxygen atoms in total. The number of rotatable bonds is 5. The summed E-state index contributed by atoms with van der Waals surface area (Å²) >= 11 is 0. The molecule has 5 heteroatoms. The maximum atomic E-state index is 12.8. The summed E-state index contributed by atoms with van der Waals surface area (Å²) in [4.78, 5) is 14.8. The molecule has 0 fully saturated rings. The molecule has 1 amide bonds. The van der Waals surface area contributed by atoms with Crippen LogP contribution in [0.2, 0.25) is 0 Å². The average Bonchev–Trinajstić information content (AvgIpc) is 2.90. The number of carbonyl (C=O) groups is 1. The summed E-state index contributed by atoms with van der Waals surface area (Å²) in [5, 5.41) is 1.26. The Hall–Kier alpha value is -1.62. The molecule has 1 aliphatic carbocycles. The molecule has 0 saturated carbocycles. The van der Waals surface area contributed by atoms with Crippen LogP contribution in [0.25, 0.3) is 0 Å². The molecule has 0 saturated heterocycles. The SMILES string of the molecule is CCCN(C(=O)CC1C=CS(=O)(=O)C1)C1CCc2ccccc2C1. The van der Waals surface area contributed by atoms with Gasteiger partial charge in [-0.3, -0.25) is 4.79 Å². The molecule has 0 spiro atoms. The highest BCUT2D eigenvalue weighted by Gasteiger charge is 2.30. The van der Waals surface area contributed by atoms with Gasteiger partial charge in [-0.05, 0) is 36.8 Å². The van der Waals surface area contributed by atoms with Crippen LogP contribution in [0.4, 0.5) is 0 Å². The van der Waals surface area contributed by atoms with Gasteiger partial charge in [0.1, 0.15) is 0 Å². The summed E-state index contributed by atoms with van der Waals surface area (Å²) in [7, 11) is -3.10.